The molecule has 0 bridgehead atoms. The Labute approximate surface area is 395 Å². The number of para-hydroxylation sites is 2. The van der Waals surface area contributed by atoms with Crippen molar-refractivity contribution in [2.45, 2.75) is 13.3 Å². The number of allylic oxidation sites excluding steroid dienone is 2. The van der Waals surface area contributed by atoms with Crippen LogP contribution in [0.1, 0.15) is 18.9 Å². The number of fused-ring (bicyclic) bond motifs is 7. The van der Waals surface area contributed by atoms with Gasteiger partial charge in [0.1, 0.15) is 0 Å². The second kappa shape index (κ2) is 17.2. The topological polar surface area (TPSA) is 71.0 Å². The lowest BCUT2D eigenvalue weighted by molar-refractivity contribution is 0.734. The minimum atomic E-state index is 0.202. The molecule has 11 aromatic rings. The van der Waals surface area contributed by atoms with Gasteiger partial charge in [0.2, 0.25) is 0 Å². The molecule has 324 valence electrons. The highest BCUT2D eigenvalue weighted by atomic mass is 15.4. The molecule has 68 heavy (non-hydrogen) atoms. The van der Waals surface area contributed by atoms with Crippen molar-refractivity contribution < 1.29 is 0 Å². The van der Waals surface area contributed by atoms with E-state index in [-0.39, 0.29) is 5.84 Å². The van der Waals surface area contributed by atoms with Gasteiger partial charge in [0, 0.05) is 49.5 Å². The zero-order chi connectivity index (χ0) is 45.6. The molecule has 1 aliphatic carbocycles. The Morgan fingerprint density at radius 1 is 0.544 bits per heavy atom. The maximum atomic E-state index is 9.05. The molecule has 6 nitrogen and oxygen atoms in total. The van der Waals surface area contributed by atoms with Gasteiger partial charge in [-0.05, 0) is 83.1 Å². The molecule has 0 aliphatic heterocycles. The first-order chi connectivity index (χ1) is 33.6. The molecule has 3 heterocycles. The van der Waals surface area contributed by atoms with Gasteiger partial charge in [-0.1, -0.05) is 189 Å². The fraction of sp³-hybridized carbons (Fsp3) is 0.0484. The number of aliphatic imine (C=N–C) groups is 1. The SMILES string of the molecule is CC1C=CC(/C(=N/C(=N)c2ccccc2)Nn2c3ccccc3c3c4c5ccccc5n(-c5ccc(-c6cc(-c7ccccc7)nc(-c7ccccc7-c7ccccc7)c6)cc5)c4ccc32)=CC1. The van der Waals surface area contributed by atoms with Crippen molar-refractivity contribution in [2.75, 3.05) is 5.43 Å². The fourth-order valence-electron chi connectivity index (χ4n) is 9.82. The van der Waals surface area contributed by atoms with E-state index in [4.69, 9.17) is 15.4 Å². The van der Waals surface area contributed by atoms with Crippen LogP contribution in [0.25, 0.3) is 94.1 Å². The first-order valence-electron chi connectivity index (χ1n) is 23.2. The Bertz CT molecular complexity index is 3800. The minimum Gasteiger partial charge on any atom is -0.309 e. The van der Waals surface area contributed by atoms with Crippen LogP contribution in [0.3, 0.4) is 0 Å². The number of hydrogen-bond acceptors (Lipinski definition) is 2. The first-order valence-corrected chi connectivity index (χ1v) is 23.2. The standard InChI is InChI=1S/C62H46N6/c1-41-29-31-46(32-30-41)62(65-61(63)45-21-9-4-10-22-45)66-68-56-28-16-14-26-52(56)60-58(68)38-37-57-59(60)51-25-13-15-27-55(51)67(57)48-35-33-42(34-36-48)47-39-53(44-19-7-3-8-20-44)64-54(40-47)50-24-12-11-23-49(50)43-17-5-2-6-18-43/h2-29,31-41H,30H2,1H3,(H2,63,65,66). The molecule has 0 amide bonds. The molecular formula is C62H46N6. The van der Waals surface area contributed by atoms with Gasteiger partial charge in [-0.25, -0.2) is 9.98 Å². The predicted molar refractivity (Wildman–Crippen MR) is 284 cm³/mol. The monoisotopic (exact) mass is 874 g/mol. The average Bonchev–Trinajstić information content (AvgIpc) is 3.91. The highest BCUT2D eigenvalue weighted by Gasteiger charge is 2.22. The van der Waals surface area contributed by atoms with Crippen LogP contribution in [0.15, 0.2) is 241 Å². The Kier molecular flexibility index (Phi) is 10.3. The number of benzene rings is 8. The lowest BCUT2D eigenvalue weighted by Gasteiger charge is -2.18. The molecule has 1 unspecified atom stereocenters. The molecule has 1 atom stereocenters. The molecule has 0 radical (unpaired) electrons. The van der Waals surface area contributed by atoms with Crippen molar-refractivity contribution in [3.05, 3.63) is 242 Å². The van der Waals surface area contributed by atoms with Gasteiger partial charge in [-0.15, -0.1) is 0 Å². The van der Waals surface area contributed by atoms with E-state index in [1.54, 1.807) is 0 Å². The van der Waals surface area contributed by atoms with Crippen molar-refractivity contribution in [3.63, 3.8) is 0 Å². The van der Waals surface area contributed by atoms with E-state index in [0.29, 0.717) is 11.8 Å². The first kappa shape index (κ1) is 40.6. The zero-order valence-electron chi connectivity index (χ0n) is 37.5. The Morgan fingerprint density at radius 2 is 1.13 bits per heavy atom. The van der Waals surface area contributed by atoms with Crippen LogP contribution in [0, 0.1) is 11.3 Å². The molecule has 1 aliphatic rings. The van der Waals surface area contributed by atoms with E-state index in [1.807, 2.05) is 36.4 Å². The molecule has 0 saturated heterocycles. The Morgan fingerprint density at radius 3 is 1.85 bits per heavy atom. The lowest BCUT2D eigenvalue weighted by atomic mass is 9.94. The van der Waals surface area contributed by atoms with Gasteiger partial charge in [0.05, 0.1) is 33.5 Å². The smallest absolute Gasteiger partial charge is 0.154 e. The van der Waals surface area contributed by atoms with Crippen LogP contribution >= 0.6 is 0 Å². The van der Waals surface area contributed by atoms with E-state index in [0.717, 1.165) is 101 Å². The third-order valence-electron chi connectivity index (χ3n) is 13.2. The minimum absolute atomic E-state index is 0.202. The van der Waals surface area contributed by atoms with Gasteiger partial charge >= 0.3 is 0 Å². The van der Waals surface area contributed by atoms with E-state index in [9.17, 15) is 0 Å². The van der Waals surface area contributed by atoms with Crippen LogP contribution in [0.5, 0.6) is 0 Å². The molecule has 0 saturated carbocycles. The maximum Gasteiger partial charge on any atom is 0.154 e. The molecule has 12 rings (SSSR count). The summed E-state index contributed by atoms with van der Waals surface area (Å²) >= 11 is 0. The van der Waals surface area contributed by atoms with Crippen molar-refractivity contribution >= 4 is 55.3 Å². The summed E-state index contributed by atoms with van der Waals surface area (Å²) in [4.78, 5) is 10.3. The van der Waals surface area contributed by atoms with E-state index in [1.165, 1.54) is 10.8 Å². The van der Waals surface area contributed by atoms with Crippen LogP contribution < -0.4 is 5.43 Å². The number of pyridine rings is 1. The predicted octanol–water partition coefficient (Wildman–Crippen LogP) is 15.4. The van der Waals surface area contributed by atoms with Crippen LogP contribution in [-0.2, 0) is 0 Å². The van der Waals surface area contributed by atoms with Crippen molar-refractivity contribution in [2.24, 2.45) is 10.9 Å². The Balaban J connectivity index is 0.988. The van der Waals surface area contributed by atoms with Crippen LogP contribution in [0.2, 0.25) is 0 Å². The summed E-state index contributed by atoms with van der Waals surface area (Å²) in [6, 6.07) is 74.5. The summed E-state index contributed by atoms with van der Waals surface area (Å²) in [6.07, 6.45) is 7.48. The third-order valence-corrected chi connectivity index (χ3v) is 13.2. The highest BCUT2D eigenvalue weighted by molar-refractivity contribution is 6.29. The summed E-state index contributed by atoms with van der Waals surface area (Å²) < 4.78 is 4.55. The number of nitrogens with one attached hydrogen (secondary N) is 2. The van der Waals surface area contributed by atoms with Gasteiger partial charge in [0.25, 0.3) is 0 Å². The summed E-state index contributed by atoms with van der Waals surface area (Å²) in [5.41, 5.74) is 19.4. The molecule has 6 heteroatoms. The van der Waals surface area contributed by atoms with E-state index < -0.39 is 0 Å². The van der Waals surface area contributed by atoms with Gasteiger partial charge < -0.3 is 4.57 Å². The second-order valence-corrected chi connectivity index (χ2v) is 17.5. The summed E-state index contributed by atoms with van der Waals surface area (Å²) in [5, 5.41) is 13.7. The van der Waals surface area contributed by atoms with Gasteiger partial charge in [-0.2, -0.15) is 0 Å². The number of rotatable bonds is 8. The normalized spacial score (nSPS) is 13.9. The van der Waals surface area contributed by atoms with Gasteiger partial charge in [-0.3, -0.25) is 15.5 Å². The van der Waals surface area contributed by atoms with E-state index in [2.05, 4.69) is 216 Å². The average molecular weight is 875 g/mol. The molecule has 0 fully saturated rings. The number of nitrogens with zero attached hydrogens (tertiary/aromatic N) is 4. The molecule has 2 N–H and O–H groups in total. The summed E-state index contributed by atoms with van der Waals surface area (Å²) in [5.74, 6) is 1.27. The largest absolute Gasteiger partial charge is 0.309 e. The van der Waals surface area contributed by atoms with E-state index >= 15 is 0 Å². The summed E-state index contributed by atoms with van der Waals surface area (Å²) in [7, 11) is 0. The van der Waals surface area contributed by atoms with Crippen molar-refractivity contribution in [1.29, 1.82) is 5.41 Å². The van der Waals surface area contributed by atoms with Crippen LogP contribution in [0.4, 0.5) is 0 Å². The van der Waals surface area contributed by atoms with Gasteiger partial charge in [0.15, 0.2) is 11.7 Å². The molecule has 8 aromatic carbocycles. The highest BCUT2D eigenvalue weighted by Crippen LogP contribution is 2.42. The maximum absolute atomic E-state index is 9.05. The Hall–Kier alpha value is -8.87. The number of aromatic nitrogens is 3. The number of amidine groups is 2. The second-order valence-electron chi connectivity index (χ2n) is 17.5. The van der Waals surface area contributed by atoms with Crippen molar-refractivity contribution in [3.8, 4) is 50.5 Å². The molecule has 3 aromatic heterocycles. The third kappa shape index (κ3) is 7.29. The molecule has 0 spiro atoms. The van der Waals surface area contributed by atoms with Crippen LogP contribution in [-0.4, -0.2) is 25.9 Å². The zero-order valence-corrected chi connectivity index (χ0v) is 37.5. The van der Waals surface area contributed by atoms with Crippen molar-refractivity contribution in [1.82, 2.24) is 14.2 Å². The lowest BCUT2D eigenvalue weighted by Crippen LogP contribution is -2.26. The summed E-state index contributed by atoms with van der Waals surface area (Å²) in [6.45, 7) is 2.22. The number of hydrogen-bond donors (Lipinski definition) is 2. The fourth-order valence-corrected chi connectivity index (χ4v) is 9.82. The quantitative estimate of drug-likeness (QED) is 0.118. The molecular weight excluding hydrogens is 829 g/mol.